The minimum atomic E-state index is -1.15. The molecule has 1 unspecified atom stereocenters. The number of fused-ring (bicyclic) bond motifs is 1. The minimum absolute atomic E-state index is 0.0502. The van der Waals surface area contributed by atoms with E-state index in [0.29, 0.717) is 41.6 Å². The summed E-state index contributed by atoms with van der Waals surface area (Å²) in [6.07, 6.45) is 2.13. The van der Waals surface area contributed by atoms with Crippen LogP contribution in [0.15, 0.2) is 73.2 Å². The molecule has 4 amide bonds. The Morgan fingerprint density at radius 1 is 0.947 bits per heavy atom. The quantitative estimate of drug-likeness (QED) is 0.141. The molecule has 1 saturated heterocycles. The molecule has 3 N–H and O–H groups in total. The van der Waals surface area contributed by atoms with Gasteiger partial charge in [-0.15, -0.1) is 0 Å². The molecule has 2 aromatic heterocycles. The molecular formula is C42H53FN8O6. The van der Waals surface area contributed by atoms with E-state index in [2.05, 4.69) is 27.6 Å². The first kappa shape index (κ1) is 42.2. The van der Waals surface area contributed by atoms with Crippen molar-refractivity contribution >= 4 is 58.3 Å². The van der Waals surface area contributed by atoms with Gasteiger partial charge < -0.3 is 30.3 Å². The number of aromatic nitrogens is 3. The molecule has 0 saturated carbocycles. The maximum Gasteiger partial charge on any atom is 0.420 e. The molecule has 0 bridgehead atoms. The normalized spacial score (nSPS) is 15.5. The number of piperidine rings is 1. The first-order chi connectivity index (χ1) is 26.5. The number of nitrogens with one attached hydrogen (secondary N) is 3. The molecule has 1 aliphatic heterocycles. The maximum absolute atomic E-state index is 14.2. The third kappa shape index (κ3) is 10.5. The molecule has 0 aliphatic carbocycles. The number of nitrogens with zero attached hydrogens (tertiary/aromatic N) is 5. The lowest BCUT2D eigenvalue weighted by atomic mass is 9.88. The molecule has 1 fully saturated rings. The Hall–Kier alpha value is -5.99. The van der Waals surface area contributed by atoms with Gasteiger partial charge in [0.2, 0.25) is 0 Å². The number of carbonyl (C=O) groups is 4. The van der Waals surface area contributed by atoms with E-state index in [1.807, 2.05) is 48.5 Å². The Bertz CT molecular complexity index is 2170. The van der Waals surface area contributed by atoms with Gasteiger partial charge in [0.1, 0.15) is 22.8 Å². The summed E-state index contributed by atoms with van der Waals surface area (Å²) in [5.41, 5.74) is 0.732. The average molecular weight is 785 g/mol. The Labute approximate surface area is 332 Å². The zero-order valence-corrected chi connectivity index (χ0v) is 34.3. The zero-order chi connectivity index (χ0) is 42.0. The Kier molecular flexibility index (Phi) is 12.0. The minimum Gasteiger partial charge on any atom is -0.444 e. The zero-order valence-electron chi connectivity index (χ0n) is 34.3. The highest BCUT2D eigenvalue weighted by atomic mass is 19.1. The number of hydrogen-bond donors (Lipinski definition) is 3. The smallest absolute Gasteiger partial charge is 0.420 e. The van der Waals surface area contributed by atoms with Crippen LogP contribution in [0.25, 0.3) is 5.65 Å². The lowest BCUT2D eigenvalue weighted by Gasteiger charge is -2.45. The van der Waals surface area contributed by atoms with Crippen LogP contribution in [0.1, 0.15) is 104 Å². The number of rotatable bonds is 9. The molecule has 57 heavy (non-hydrogen) atoms. The second-order valence-electron chi connectivity index (χ2n) is 17.0. The predicted octanol–water partition coefficient (Wildman–Crippen LogP) is 9.19. The third-order valence-corrected chi connectivity index (χ3v) is 9.12. The van der Waals surface area contributed by atoms with E-state index in [0.717, 1.165) is 12.0 Å². The number of hydrogen-bond acceptors (Lipinski definition) is 9. The molecule has 15 heteroatoms. The molecule has 0 radical (unpaired) electrons. The van der Waals surface area contributed by atoms with Gasteiger partial charge in [0.25, 0.3) is 11.8 Å². The second kappa shape index (κ2) is 16.2. The molecule has 3 heterocycles. The van der Waals surface area contributed by atoms with Gasteiger partial charge in [0.15, 0.2) is 11.5 Å². The SMILES string of the molecule is C=C(F)C(=O)Nc1cccc(C(=O)Nc2ccc(N(C(=O)OC(C)(C)C)c3cc(NC4CCC(C)(C)N(C(=O)OC(C)(C)C)C4)nc4c(C(C)C)cnn34)cc2)c1. The van der Waals surface area contributed by atoms with Crippen molar-refractivity contribution in [2.24, 2.45) is 0 Å². The number of carbonyl (C=O) groups excluding carboxylic acids is 4. The number of halogens is 1. The Morgan fingerprint density at radius 3 is 2.23 bits per heavy atom. The van der Waals surface area contributed by atoms with E-state index in [9.17, 15) is 23.6 Å². The van der Waals surface area contributed by atoms with Gasteiger partial charge in [-0.25, -0.2) is 23.9 Å². The van der Waals surface area contributed by atoms with Gasteiger partial charge in [-0.2, -0.15) is 9.61 Å². The van der Waals surface area contributed by atoms with Crippen molar-refractivity contribution in [1.82, 2.24) is 19.5 Å². The van der Waals surface area contributed by atoms with Crippen LogP contribution in [0, 0.1) is 0 Å². The van der Waals surface area contributed by atoms with Gasteiger partial charge in [-0.05, 0) is 117 Å². The van der Waals surface area contributed by atoms with Gasteiger partial charge >= 0.3 is 12.2 Å². The van der Waals surface area contributed by atoms with Crippen molar-refractivity contribution in [1.29, 1.82) is 0 Å². The van der Waals surface area contributed by atoms with Gasteiger partial charge in [-0.1, -0.05) is 26.5 Å². The lowest BCUT2D eigenvalue weighted by molar-refractivity contribution is -0.114. The maximum atomic E-state index is 14.2. The van der Waals surface area contributed by atoms with Crippen LogP contribution in [0.2, 0.25) is 0 Å². The summed E-state index contributed by atoms with van der Waals surface area (Å²) in [5, 5.41) is 13.4. The topological polar surface area (TPSA) is 159 Å². The van der Waals surface area contributed by atoms with E-state index in [1.165, 1.54) is 17.0 Å². The first-order valence-corrected chi connectivity index (χ1v) is 18.9. The van der Waals surface area contributed by atoms with Crippen LogP contribution in [0.5, 0.6) is 0 Å². The Morgan fingerprint density at radius 2 is 1.61 bits per heavy atom. The van der Waals surface area contributed by atoms with Gasteiger partial charge in [-0.3, -0.25) is 9.59 Å². The number of amides is 4. The summed E-state index contributed by atoms with van der Waals surface area (Å²) in [7, 11) is 0. The summed E-state index contributed by atoms with van der Waals surface area (Å²) in [6, 6.07) is 14.2. The van der Waals surface area contributed by atoms with Crippen molar-refractivity contribution in [3.05, 3.63) is 84.3 Å². The third-order valence-electron chi connectivity index (χ3n) is 9.12. The molecule has 1 atom stereocenters. The van der Waals surface area contributed by atoms with Crippen LogP contribution < -0.4 is 20.9 Å². The lowest BCUT2D eigenvalue weighted by Crippen LogP contribution is -2.57. The highest BCUT2D eigenvalue weighted by Gasteiger charge is 2.40. The fourth-order valence-corrected chi connectivity index (χ4v) is 6.26. The van der Waals surface area contributed by atoms with Crippen LogP contribution >= 0.6 is 0 Å². The highest BCUT2D eigenvalue weighted by molar-refractivity contribution is 6.06. The molecule has 304 valence electrons. The summed E-state index contributed by atoms with van der Waals surface area (Å²) in [6.45, 7) is 22.3. The van der Waals surface area contributed by atoms with Crippen molar-refractivity contribution in [2.45, 2.75) is 111 Å². The summed E-state index contributed by atoms with van der Waals surface area (Å²) < 4.78 is 26.5. The van der Waals surface area contributed by atoms with Crippen LogP contribution in [-0.2, 0) is 14.3 Å². The van der Waals surface area contributed by atoms with Crippen molar-refractivity contribution in [3.8, 4) is 0 Å². The van der Waals surface area contributed by atoms with E-state index in [-0.39, 0.29) is 29.3 Å². The fraction of sp³-hybridized carbons (Fsp3) is 0.429. The van der Waals surface area contributed by atoms with E-state index in [4.69, 9.17) is 14.5 Å². The number of benzene rings is 2. The monoisotopic (exact) mass is 784 g/mol. The summed E-state index contributed by atoms with van der Waals surface area (Å²) in [5.74, 6) is -1.78. The largest absolute Gasteiger partial charge is 0.444 e. The first-order valence-electron chi connectivity index (χ1n) is 18.9. The average Bonchev–Trinajstić information content (AvgIpc) is 3.53. The number of ether oxygens (including phenoxy) is 2. The summed E-state index contributed by atoms with van der Waals surface area (Å²) >= 11 is 0. The van der Waals surface area contributed by atoms with Crippen molar-refractivity contribution < 1.29 is 33.0 Å². The van der Waals surface area contributed by atoms with E-state index < -0.39 is 40.5 Å². The number of likely N-dealkylation sites (tertiary alicyclic amines) is 1. The molecule has 4 aromatic rings. The van der Waals surface area contributed by atoms with Crippen molar-refractivity contribution in [2.75, 3.05) is 27.4 Å². The van der Waals surface area contributed by atoms with Gasteiger partial charge in [0.05, 0.1) is 11.9 Å². The molecule has 1 aliphatic rings. The molecule has 5 rings (SSSR count). The molecule has 14 nitrogen and oxygen atoms in total. The van der Waals surface area contributed by atoms with Crippen LogP contribution in [-0.4, -0.2) is 72.8 Å². The molecule has 0 spiro atoms. The highest BCUT2D eigenvalue weighted by Crippen LogP contribution is 2.35. The van der Waals surface area contributed by atoms with Crippen LogP contribution in [0.4, 0.5) is 42.7 Å². The standard InChI is InChI=1S/C42H53FN8O6/c1-25(2)32-23-44-51-34(22-33(48-35(32)51)45-30-19-20-42(10,11)49(24-30)38(54)56-40(4,5)6)50(39(55)57-41(7,8)9)31-17-15-28(16-18-31)46-37(53)27-13-12-14-29(21-27)47-36(52)26(3)43/h12-18,21-23,25,30H,3,19-20,24H2,1-2,4-11H3,(H,45,48)(H,46,53)(H,47,52). The second-order valence-corrected chi connectivity index (χ2v) is 17.0. The van der Waals surface area contributed by atoms with E-state index >= 15 is 0 Å². The summed E-state index contributed by atoms with van der Waals surface area (Å²) in [4.78, 5) is 60.6. The van der Waals surface area contributed by atoms with Gasteiger partial charge in [0, 0.05) is 46.7 Å². The molecular weight excluding hydrogens is 732 g/mol. The number of anilines is 5. The Balaban J connectivity index is 1.50. The predicted molar refractivity (Wildman–Crippen MR) is 219 cm³/mol. The molecule has 2 aromatic carbocycles. The van der Waals surface area contributed by atoms with Crippen molar-refractivity contribution in [3.63, 3.8) is 0 Å². The van der Waals surface area contributed by atoms with Crippen LogP contribution in [0.3, 0.4) is 0 Å². The van der Waals surface area contributed by atoms with E-state index in [1.54, 1.807) is 78.8 Å². The fourth-order valence-electron chi connectivity index (χ4n) is 6.26.